The molecule has 2 saturated heterocycles. The number of hydrogen-bond acceptors (Lipinski definition) is 5. The molecule has 2 heterocycles. The van der Waals surface area contributed by atoms with Crippen molar-refractivity contribution in [2.75, 3.05) is 39.3 Å². The van der Waals surface area contributed by atoms with E-state index in [0.717, 1.165) is 56.4 Å². The molecule has 5 rings (SSSR count). The summed E-state index contributed by atoms with van der Waals surface area (Å²) in [5, 5.41) is 0.959. The van der Waals surface area contributed by atoms with Crippen molar-refractivity contribution in [3.63, 3.8) is 0 Å². The minimum Gasteiger partial charge on any atom is -0.454 e. The summed E-state index contributed by atoms with van der Waals surface area (Å²) in [7, 11) is 0. The van der Waals surface area contributed by atoms with Crippen LogP contribution in [0.1, 0.15) is 60.5 Å². The Hall–Kier alpha value is -2.61. The largest absolute Gasteiger partial charge is 0.454 e. The van der Waals surface area contributed by atoms with E-state index in [0.29, 0.717) is 41.7 Å². The van der Waals surface area contributed by atoms with Crippen LogP contribution in [0.3, 0.4) is 0 Å². The number of carbonyl (C=O) groups is 2. The molecule has 1 atom stereocenters. The summed E-state index contributed by atoms with van der Waals surface area (Å²) in [4.78, 5) is 30.0. The normalized spacial score (nSPS) is 20.2. The maximum absolute atomic E-state index is 13.4. The maximum Gasteiger partial charge on any atom is 0.306 e. The van der Waals surface area contributed by atoms with Crippen molar-refractivity contribution in [3.8, 4) is 0 Å². The van der Waals surface area contributed by atoms with Crippen molar-refractivity contribution >= 4 is 47.5 Å². The molecule has 3 aromatic rings. The van der Waals surface area contributed by atoms with E-state index in [1.54, 1.807) is 6.07 Å². The van der Waals surface area contributed by atoms with Gasteiger partial charge in [-0.3, -0.25) is 9.59 Å². The van der Waals surface area contributed by atoms with Crippen LogP contribution in [0, 0.1) is 0 Å². The lowest BCUT2D eigenvalue weighted by Crippen LogP contribution is -2.51. The van der Waals surface area contributed by atoms with Gasteiger partial charge < -0.3 is 19.3 Å². The van der Waals surface area contributed by atoms with Crippen LogP contribution in [0.25, 0.3) is 0 Å². The summed E-state index contributed by atoms with van der Waals surface area (Å²) in [5.41, 5.74) is 1.34. The summed E-state index contributed by atoms with van der Waals surface area (Å²) in [6.45, 7) is 5.72. The molecule has 2 aliphatic heterocycles. The monoisotopic (exact) mass is 644 g/mol. The zero-order chi connectivity index (χ0) is 29.6. The van der Waals surface area contributed by atoms with E-state index in [1.165, 1.54) is 0 Å². The van der Waals surface area contributed by atoms with Crippen LogP contribution in [0.15, 0.2) is 78.9 Å². The SMILES string of the molecule is CCC(=O)OC1(c2ccccc2)CCN(CCOC2(c3ccc(Cl)c(Cl)c3)CCCN(C(=O)c3ccccc3)C2)CC1.Cl. The van der Waals surface area contributed by atoms with Crippen molar-refractivity contribution in [2.45, 2.75) is 50.2 Å². The maximum atomic E-state index is 13.4. The van der Waals surface area contributed by atoms with Gasteiger partial charge in [0, 0.05) is 51.0 Å². The van der Waals surface area contributed by atoms with E-state index < -0.39 is 11.2 Å². The Morgan fingerprint density at radius 1 is 0.814 bits per heavy atom. The van der Waals surface area contributed by atoms with E-state index in [2.05, 4.69) is 4.90 Å². The third-order valence-electron chi connectivity index (χ3n) is 8.56. The standard InChI is InChI=1S/C34H38Cl2N2O4.ClH/c1-2-31(39)42-33(27-12-7-4-8-13-27)17-20-37(21-18-33)22-23-41-34(28-14-15-29(35)30(36)24-28)16-9-19-38(25-34)32(40)26-10-5-3-6-11-26;/h3-8,10-15,24H,2,9,16-23,25H2,1H3;1H. The predicted octanol–water partition coefficient (Wildman–Crippen LogP) is 7.51. The van der Waals surface area contributed by atoms with Gasteiger partial charge in [0.25, 0.3) is 5.91 Å². The fourth-order valence-electron chi connectivity index (χ4n) is 6.16. The van der Waals surface area contributed by atoms with Gasteiger partial charge in [0.05, 0.1) is 23.2 Å². The molecule has 1 unspecified atom stereocenters. The van der Waals surface area contributed by atoms with Gasteiger partial charge in [-0.05, 0) is 48.2 Å². The highest BCUT2D eigenvalue weighted by Gasteiger charge is 2.42. The van der Waals surface area contributed by atoms with Crippen LogP contribution >= 0.6 is 35.6 Å². The molecule has 9 heteroatoms. The molecule has 0 N–H and O–H groups in total. The third kappa shape index (κ3) is 7.73. The third-order valence-corrected chi connectivity index (χ3v) is 9.29. The first-order valence-electron chi connectivity index (χ1n) is 14.8. The van der Waals surface area contributed by atoms with E-state index in [9.17, 15) is 9.59 Å². The number of likely N-dealkylation sites (tertiary alicyclic amines) is 2. The number of esters is 1. The predicted molar refractivity (Wildman–Crippen MR) is 173 cm³/mol. The highest BCUT2D eigenvalue weighted by atomic mass is 35.5. The lowest BCUT2D eigenvalue weighted by molar-refractivity contribution is -0.167. The number of piperidine rings is 2. The number of rotatable bonds is 9. The van der Waals surface area contributed by atoms with Crippen molar-refractivity contribution in [1.29, 1.82) is 0 Å². The quantitative estimate of drug-likeness (QED) is 0.226. The number of nitrogens with zero attached hydrogens (tertiary/aromatic N) is 2. The highest BCUT2D eigenvalue weighted by Crippen LogP contribution is 2.40. The van der Waals surface area contributed by atoms with Gasteiger partial charge >= 0.3 is 5.97 Å². The van der Waals surface area contributed by atoms with Crippen molar-refractivity contribution in [3.05, 3.63) is 106 Å². The van der Waals surface area contributed by atoms with E-state index in [-0.39, 0.29) is 24.3 Å². The zero-order valence-electron chi connectivity index (χ0n) is 24.5. The molecule has 0 bridgehead atoms. The van der Waals surface area contributed by atoms with Gasteiger partial charge in [-0.2, -0.15) is 0 Å². The summed E-state index contributed by atoms with van der Waals surface area (Å²) < 4.78 is 12.8. The molecule has 2 fully saturated rings. The average molecular weight is 646 g/mol. The van der Waals surface area contributed by atoms with Gasteiger partial charge in [0.1, 0.15) is 11.2 Å². The van der Waals surface area contributed by atoms with E-state index in [1.807, 2.05) is 84.6 Å². The molecule has 0 saturated carbocycles. The first-order valence-corrected chi connectivity index (χ1v) is 15.5. The number of amides is 1. The minimum absolute atomic E-state index is 0. The fraction of sp³-hybridized carbons (Fsp3) is 0.412. The summed E-state index contributed by atoms with van der Waals surface area (Å²) in [6.07, 6.45) is 3.38. The van der Waals surface area contributed by atoms with Gasteiger partial charge in [-0.25, -0.2) is 0 Å². The van der Waals surface area contributed by atoms with Crippen molar-refractivity contribution in [2.24, 2.45) is 0 Å². The molecule has 0 radical (unpaired) electrons. The fourth-order valence-corrected chi connectivity index (χ4v) is 6.46. The van der Waals surface area contributed by atoms with Crippen LogP contribution in [-0.2, 0) is 25.5 Å². The first kappa shape index (κ1) is 33.3. The van der Waals surface area contributed by atoms with E-state index in [4.69, 9.17) is 32.7 Å². The lowest BCUT2D eigenvalue weighted by atomic mass is 9.84. The second-order valence-electron chi connectivity index (χ2n) is 11.2. The van der Waals surface area contributed by atoms with Crippen LogP contribution < -0.4 is 0 Å². The summed E-state index contributed by atoms with van der Waals surface area (Å²) >= 11 is 12.7. The second kappa shape index (κ2) is 14.9. The van der Waals surface area contributed by atoms with Crippen LogP contribution in [-0.4, -0.2) is 61.0 Å². The molecule has 0 aliphatic carbocycles. The Bertz CT molecular complexity index is 1370. The Morgan fingerprint density at radius 3 is 2.14 bits per heavy atom. The van der Waals surface area contributed by atoms with Crippen LogP contribution in [0.2, 0.25) is 10.0 Å². The van der Waals surface area contributed by atoms with Gasteiger partial charge in [0.2, 0.25) is 0 Å². The topological polar surface area (TPSA) is 59.1 Å². The molecular formula is C34H39Cl3N2O4. The van der Waals surface area contributed by atoms with E-state index >= 15 is 0 Å². The zero-order valence-corrected chi connectivity index (χ0v) is 26.8. The highest BCUT2D eigenvalue weighted by molar-refractivity contribution is 6.42. The molecule has 230 valence electrons. The Labute approximate surface area is 270 Å². The molecule has 6 nitrogen and oxygen atoms in total. The Morgan fingerprint density at radius 2 is 1.49 bits per heavy atom. The number of hydrogen-bond donors (Lipinski definition) is 0. The van der Waals surface area contributed by atoms with Crippen molar-refractivity contribution in [1.82, 2.24) is 9.80 Å². The average Bonchev–Trinajstić information content (AvgIpc) is 3.03. The van der Waals surface area contributed by atoms with Gasteiger partial charge in [-0.15, -0.1) is 12.4 Å². The van der Waals surface area contributed by atoms with Gasteiger partial charge in [0.15, 0.2) is 0 Å². The number of carbonyl (C=O) groups excluding carboxylic acids is 2. The van der Waals surface area contributed by atoms with Crippen molar-refractivity contribution < 1.29 is 19.1 Å². The first-order chi connectivity index (χ1) is 20.3. The summed E-state index contributed by atoms with van der Waals surface area (Å²) in [6, 6.07) is 25.1. The Kier molecular flexibility index (Phi) is 11.5. The molecule has 2 aliphatic rings. The molecule has 0 spiro atoms. The number of halogens is 3. The molecule has 3 aromatic carbocycles. The molecular weight excluding hydrogens is 607 g/mol. The molecule has 1 amide bonds. The summed E-state index contributed by atoms with van der Waals surface area (Å²) in [5.74, 6) is -0.177. The number of benzene rings is 3. The smallest absolute Gasteiger partial charge is 0.306 e. The Balaban J connectivity index is 0.00000423. The minimum atomic E-state index is -0.697. The number of ether oxygens (including phenoxy) is 2. The second-order valence-corrected chi connectivity index (χ2v) is 12.0. The molecule has 0 aromatic heterocycles. The van der Waals surface area contributed by atoms with Gasteiger partial charge in [-0.1, -0.05) is 84.7 Å². The van der Waals surface area contributed by atoms with Crippen LogP contribution in [0.4, 0.5) is 0 Å². The van der Waals surface area contributed by atoms with Crippen LogP contribution in [0.5, 0.6) is 0 Å². The molecule has 43 heavy (non-hydrogen) atoms. The lowest BCUT2D eigenvalue weighted by Gasteiger charge is -2.44.